The maximum atomic E-state index is 13.1. The van der Waals surface area contributed by atoms with Gasteiger partial charge in [0, 0.05) is 24.2 Å². The summed E-state index contributed by atoms with van der Waals surface area (Å²) in [5.74, 6) is -0.617. The van der Waals surface area contributed by atoms with Crippen LogP contribution in [-0.2, 0) is 16.0 Å². The summed E-state index contributed by atoms with van der Waals surface area (Å²) in [6, 6.07) is 3.63. The second-order valence-electron chi connectivity index (χ2n) is 6.95. The molecule has 1 aromatic heterocycles. The average molecular weight is 425 g/mol. The Kier molecular flexibility index (Phi) is 6.15. The maximum Gasteiger partial charge on any atom is 0.328 e. The number of halogens is 2. The summed E-state index contributed by atoms with van der Waals surface area (Å²) in [5.41, 5.74) is 2.33. The molecule has 2 N–H and O–H groups in total. The first-order chi connectivity index (χ1) is 13.3. The first-order valence-corrected chi connectivity index (χ1v) is 9.71. The lowest BCUT2D eigenvalue weighted by atomic mass is 9.95. The summed E-state index contributed by atoms with van der Waals surface area (Å²) >= 11 is 12.7. The molecular formula is C19H22Cl2N4O3. The van der Waals surface area contributed by atoms with Gasteiger partial charge in [-0.05, 0) is 12.0 Å². The van der Waals surface area contributed by atoms with Crippen LogP contribution >= 0.6 is 23.2 Å². The largest absolute Gasteiger partial charge is 0.467 e. The molecule has 0 bridgehead atoms. The quantitative estimate of drug-likeness (QED) is 0.734. The topological polar surface area (TPSA) is 87.3 Å². The van der Waals surface area contributed by atoms with Crippen molar-refractivity contribution in [2.24, 2.45) is 5.92 Å². The van der Waals surface area contributed by atoms with Gasteiger partial charge in [0.05, 0.1) is 29.2 Å². The van der Waals surface area contributed by atoms with E-state index in [1.54, 1.807) is 23.4 Å². The SMILES string of the molecule is COC(=O)[C@@H](NC(=O)N1CCc2[nH]cnc2[C@H]1c1cccc(Cl)c1Cl)C(C)C. The summed E-state index contributed by atoms with van der Waals surface area (Å²) in [6.45, 7) is 4.12. The Morgan fingerprint density at radius 3 is 2.79 bits per heavy atom. The fourth-order valence-electron chi connectivity index (χ4n) is 3.38. The fraction of sp³-hybridized carbons (Fsp3) is 0.421. The molecular weight excluding hydrogens is 403 g/mol. The van der Waals surface area contributed by atoms with Gasteiger partial charge in [-0.1, -0.05) is 49.2 Å². The predicted molar refractivity (Wildman–Crippen MR) is 106 cm³/mol. The molecule has 2 aromatic rings. The monoisotopic (exact) mass is 424 g/mol. The van der Waals surface area contributed by atoms with E-state index in [-0.39, 0.29) is 5.92 Å². The number of hydrogen-bond donors (Lipinski definition) is 2. The number of benzene rings is 1. The highest BCUT2D eigenvalue weighted by molar-refractivity contribution is 6.42. The number of esters is 1. The van der Waals surface area contributed by atoms with Gasteiger partial charge in [0.1, 0.15) is 12.1 Å². The summed E-state index contributed by atoms with van der Waals surface area (Å²) in [7, 11) is 1.30. The molecule has 0 saturated heterocycles. The number of aromatic nitrogens is 2. The van der Waals surface area contributed by atoms with Crippen LogP contribution in [0.15, 0.2) is 24.5 Å². The molecule has 0 fully saturated rings. The van der Waals surface area contributed by atoms with Crippen LogP contribution in [0.1, 0.15) is 36.8 Å². The van der Waals surface area contributed by atoms with Gasteiger partial charge in [0.2, 0.25) is 0 Å². The Morgan fingerprint density at radius 1 is 1.36 bits per heavy atom. The average Bonchev–Trinajstić information content (AvgIpc) is 3.15. The number of imidazole rings is 1. The molecule has 1 aliphatic heterocycles. The molecule has 7 nitrogen and oxygen atoms in total. The number of nitrogens with one attached hydrogen (secondary N) is 2. The molecule has 0 radical (unpaired) electrons. The zero-order valence-corrected chi connectivity index (χ0v) is 17.3. The fourth-order valence-corrected chi connectivity index (χ4v) is 3.79. The third-order valence-corrected chi connectivity index (χ3v) is 5.70. The van der Waals surface area contributed by atoms with Crippen LogP contribution in [0, 0.1) is 5.92 Å². The van der Waals surface area contributed by atoms with Crippen molar-refractivity contribution in [3.63, 3.8) is 0 Å². The van der Waals surface area contributed by atoms with E-state index in [1.165, 1.54) is 7.11 Å². The second kappa shape index (κ2) is 8.41. The van der Waals surface area contributed by atoms with Crippen LogP contribution < -0.4 is 5.32 Å². The molecule has 150 valence electrons. The Morgan fingerprint density at radius 2 is 2.11 bits per heavy atom. The van der Waals surface area contributed by atoms with Crippen molar-refractivity contribution in [1.82, 2.24) is 20.2 Å². The van der Waals surface area contributed by atoms with E-state index in [4.69, 9.17) is 27.9 Å². The van der Waals surface area contributed by atoms with E-state index in [0.29, 0.717) is 34.3 Å². The molecule has 0 unspecified atom stereocenters. The number of H-pyrrole nitrogens is 1. The molecule has 2 heterocycles. The van der Waals surface area contributed by atoms with Crippen LogP contribution in [0.3, 0.4) is 0 Å². The molecule has 0 spiro atoms. The number of ether oxygens (including phenoxy) is 1. The van der Waals surface area contributed by atoms with Gasteiger partial charge >= 0.3 is 12.0 Å². The Balaban J connectivity index is 1.98. The van der Waals surface area contributed by atoms with E-state index in [0.717, 1.165) is 5.69 Å². The maximum absolute atomic E-state index is 13.1. The van der Waals surface area contributed by atoms with Crippen molar-refractivity contribution in [3.8, 4) is 0 Å². The van der Waals surface area contributed by atoms with Crippen LogP contribution in [-0.4, -0.2) is 46.6 Å². The van der Waals surface area contributed by atoms with Gasteiger partial charge in [-0.3, -0.25) is 0 Å². The zero-order chi connectivity index (χ0) is 20.4. The Hall–Kier alpha value is -2.25. The van der Waals surface area contributed by atoms with Crippen LogP contribution in [0.5, 0.6) is 0 Å². The standard InChI is InChI=1S/C19H22Cl2N4O3/c1-10(2)15(18(26)28-3)24-19(27)25-8-7-13-16(23-9-22-13)17(25)11-5-4-6-12(20)14(11)21/h4-6,9-10,15,17H,7-8H2,1-3H3,(H,22,23)(H,24,27)/t15-,17+/m0/s1. The number of nitrogens with zero attached hydrogens (tertiary/aromatic N) is 2. The van der Waals surface area contributed by atoms with Crippen molar-refractivity contribution >= 4 is 35.2 Å². The van der Waals surface area contributed by atoms with Crippen LogP contribution in [0.4, 0.5) is 4.79 Å². The van der Waals surface area contributed by atoms with Crippen molar-refractivity contribution in [2.45, 2.75) is 32.4 Å². The molecule has 0 aliphatic carbocycles. The van der Waals surface area contributed by atoms with E-state index >= 15 is 0 Å². The minimum Gasteiger partial charge on any atom is -0.467 e. The third kappa shape index (κ3) is 3.82. The molecule has 1 aromatic carbocycles. The lowest BCUT2D eigenvalue weighted by Gasteiger charge is -2.36. The Bertz CT molecular complexity index is 884. The van der Waals surface area contributed by atoms with Crippen molar-refractivity contribution in [1.29, 1.82) is 0 Å². The summed E-state index contributed by atoms with van der Waals surface area (Å²) in [5, 5.41) is 3.56. The van der Waals surface area contributed by atoms with Gasteiger partial charge < -0.3 is 19.9 Å². The number of aromatic amines is 1. The number of hydrogen-bond acceptors (Lipinski definition) is 4. The number of carbonyl (C=O) groups is 2. The normalized spacial score (nSPS) is 17.2. The third-order valence-electron chi connectivity index (χ3n) is 4.86. The van der Waals surface area contributed by atoms with Gasteiger partial charge in [-0.25, -0.2) is 14.6 Å². The molecule has 2 amide bonds. The highest BCUT2D eigenvalue weighted by Crippen LogP contribution is 2.39. The van der Waals surface area contributed by atoms with Crippen molar-refractivity contribution < 1.29 is 14.3 Å². The molecule has 3 rings (SSSR count). The summed E-state index contributed by atoms with van der Waals surface area (Å²) < 4.78 is 4.82. The van der Waals surface area contributed by atoms with E-state index in [1.807, 2.05) is 19.9 Å². The van der Waals surface area contributed by atoms with Gasteiger partial charge in [-0.15, -0.1) is 0 Å². The molecule has 9 heteroatoms. The smallest absolute Gasteiger partial charge is 0.328 e. The van der Waals surface area contributed by atoms with Gasteiger partial charge in [0.15, 0.2) is 0 Å². The minimum atomic E-state index is -0.756. The van der Waals surface area contributed by atoms with Crippen LogP contribution in [0.2, 0.25) is 10.0 Å². The number of fused-ring (bicyclic) bond motifs is 1. The number of urea groups is 1. The molecule has 28 heavy (non-hydrogen) atoms. The zero-order valence-electron chi connectivity index (χ0n) is 15.8. The number of methoxy groups -OCH3 is 1. The first-order valence-electron chi connectivity index (χ1n) is 8.96. The van der Waals surface area contributed by atoms with Crippen LogP contribution in [0.25, 0.3) is 0 Å². The van der Waals surface area contributed by atoms with Crippen molar-refractivity contribution in [3.05, 3.63) is 51.5 Å². The van der Waals surface area contributed by atoms with E-state index < -0.39 is 24.1 Å². The second-order valence-corrected chi connectivity index (χ2v) is 7.73. The first kappa shape index (κ1) is 20.5. The van der Waals surface area contributed by atoms with E-state index in [2.05, 4.69) is 15.3 Å². The summed E-state index contributed by atoms with van der Waals surface area (Å²) in [4.78, 5) is 34.4. The van der Waals surface area contributed by atoms with E-state index in [9.17, 15) is 9.59 Å². The van der Waals surface area contributed by atoms with Gasteiger partial charge in [-0.2, -0.15) is 0 Å². The molecule has 2 atom stereocenters. The molecule has 0 saturated carbocycles. The summed E-state index contributed by atoms with van der Waals surface area (Å²) in [6.07, 6.45) is 2.21. The number of rotatable bonds is 4. The molecule has 1 aliphatic rings. The van der Waals surface area contributed by atoms with Gasteiger partial charge in [0.25, 0.3) is 0 Å². The Labute approximate surface area is 173 Å². The van der Waals surface area contributed by atoms with Crippen molar-refractivity contribution in [2.75, 3.05) is 13.7 Å². The lowest BCUT2D eigenvalue weighted by molar-refractivity contribution is -0.144. The minimum absolute atomic E-state index is 0.129. The highest BCUT2D eigenvalue weighted by atomic mass is 35.5. The number of carbonyl (C=O) groups excluding carboxylic acids is 2. The lowest BCUT2D eigenvalue weighted by Crippen LogP contribution is -2.53. The highest BCUT2D eigenvalue weighted by Gasteiger charge is 2.37. The predicted octanol–water partition coefficient (Wildman–Crippen LogP) is 3.57. The number of amides is 2.